The Morgan fingerprint density at radius 2 is 1.43 bits per heavy atom. The summed E-state index contributed by atoms with van der Waals surface area (Å²) in [5.41, 5.74) is 0. The van der Waals surface area contributed by atoms with Crippen LogP contribution in [0.15, 0.2) is 48.6 Å². The van der Waals surface area contributed by atoms with Gasteiger partial charge in [0.2, 0.25) is 0 Å². The second-order valence-electron chi connectivity index (χ2n) is 2.86. The van der Waals surface area contributed by atoms with Crippen LogP contribution in [0, 0.1) is 0 Å². The minimum Gasteiger partial charge on any atom is -0.299 e. The molecule has 0 fully saturated rings. The molecule has 0 saturated heterocycles. The summed E-state index contributed by atoms with van der Waals surface area (Å²) >= 11 is 0. The first-order valence-electron chi connectivity index (χ1n) is 5.02. The zero-order valence-electron chi connectivity index (χ0n) is 8.73. The molecule has 0 spiro atoms. The number of allylic oxidation sites excluding steroid dienone is 8. The van der Waals surface area contributed by atoms with Gasteiger partial charge in [0.1, 0.15) is 6.29 Å². The maximum Gasteiger partial charge on any atom is 0.142 e. The lowest BCUT2D eigenvalue weighted by molar-refractivity contribution is -0.104. The van der Waals surface area contributed by atoms with Gasteiger partial charge in [0.25, 0.3) is 0 Å². The molecule has 0 aliphatic heterocycles. The van der Waals surface area contributed by atoms with E-state index in [9.17, 15) is 4.79 Å². The van der Waals surface area contributed by atoms with Gasteiger partial charge >= 0.3 is 0 Å². The van der Waals surface area contributed by atoms with Gasteiger partial charge in [0.15, 0.2) is 0 Å². The lowest BCUT2D eigenvalue weighted by Crippen LogP contribution is -1.64. The molecule has 0 aliphatic rings. The first-order valence-corrected chi connectivity index (χ1v) is 5.02. The summed E-state index contributed by atoms with van der Waals surface area (Å²) in [6.45, 7) is 2.19. The summed E-state index contributed by atoms with van der Waals surface area (Å²) in [6, 6.07) is 0. The summed E-state index contributed by atoms with van der Waals surface area (Å²) in [4.78, 5) is 9.89. The first kappa shape index (κ1) is 12.6. The van der Waals surface area contributed by atoms with E-state index in [0.717, 1.165) is 12.7 Å². The van der Waals surface area contributed by atoms with Crippen LogP contribution < -0.4 is 0 Å². The molecule has 1 heteroatoms. The van der Waals surface area contributed by atoms with Gasteiger partial charge in [-0.1, -0.05) is 62.3 Å². The minimum atomic E-state index is 0.763. The van der Waals surface area contributed by atoms with Crippen LogP contribution in [-0.4, -0.2) is 6.29 Å². The molecule has 0 saturated carbocycles. The Hall–Kier alpha value is -1.37. The molecule has 0 heterocycles. The molecule has 0 unspecified atom stereocenters. The molecular formula is C13H18O. The van der Waals surface area contributed by atoms with E-state index in [1.165, 1.54) is 18.9 Å². The van der Waals surface area contributed by atoms with Gasteiger partial charge in [-0.05, 0) is 12.5 Å². The highest BCUT2D eigenvalue weighted by Crippen LogP contribution is 1.94. The van der Waals surface area contributed by atoms with Crippen LogP contribution >= 0.6 is 0 Å². The molecule has 0 rings (SSSR count). The highest BCUT2D eigenvalue weighted by atomic mass is 16.1. The average molecular weight is 190 g/mol. The summed E-state index contributed by atoms with van der Waals surface area (Å²) in [6.07, 6.45) is 19.4. The molecule has 0 radical (unpaired) electrons. The quantitative estimate of drug-likeness (QED) is 0.259. The fourth-order valence-electron chi connectivity index (χ4n) is 0.863. The number of aldehydes is 1. The molecule has 0 N–H and O–H groups in total. The maximum absolute atomic E-state index is 9.89. The Labute approximate surface area is 86.5 Å². The molecule has 0 aromatic heterocycles. The molecule has 0 aromatic carbocycles. The molecule has 0 bridgehead atoms. The van der Waals surface area contributed by atoms with Crippen molar-refractivity contribution in [2.45, 2.75) is 26.2 Å². The molecule has 14 heavy (non-hydrogen) atoms. The van der Waals surface area contributed by atoms with Crippen LogP contribution in [0.25, 0.3) is 0 Å². The fourth-order valence-corrected chi connectivity index (χ4v) is 0.863. The van der Waals surface area contributed by atoms with Crippen molar-refractivity contribution < 1.29 is 4.79 Å². The van der Waals surface area contributed by atoms with Crippen molar-refractivity contribution in [1.82, 2.24) is 0 Å². The molecule has 0 aliphatic carbocycles. The number of hydrogen-bond acceptors (Lipinski definition) is 1. The largest absolute Gasteiger partial charge is 0.299 e. The van der Waals surface area contributed by atoms with Crippen molar-refractivity contribution in [2.75, 3.05) is 0 Å². The second kappa shape index (κ2) is 11.6. The predicted octanol–water partition coefficient (Wildman–Crippen LogP) is 3.60. The van der Waals surface area contributed by atoms with E-state index in [1.54, 1.807) is 6.08 Å². The van der Waals surface area contributed by atoms with E-state index in [2.05, 4.69) is 13.0 Å². The third-order valence-corrected chi connectivity index (χ3v) is 1.61. The van der Waals surface area contributed by atoms with E-state index < -0.39 is 0 Å². The Bertz CT molecular complexity index is 232. The molecule has 0 amide bonds. The van der Waals surface area contributed by atoms with Gasteiger partial charge < -0.3 is 0 Å². The van der Waals surface area contributed by atoms with Gasteiger partial charge in [0.05, 0.1) is 0 Å². The zero-order valence-corrected chi connectivity index (χ0v) is 8.73. The number of carbonyl (C=O) groups is 1. The fraction of sp³-hybridized carbons (Fsp3) is 0.308. The average Bonchev–Trinajstić information content (AvgIpc) is 2.21. The lowest BCUT2D eigenvalue weighted by atomic mass is 10.2. The smallest absolute Gasteiger partial charge is 0.142 e. The van der Waals surface area contributed by atoms with Crippen molar-refractivity contribution in [3.05, 3.63) is 48.6 Å². The molecule has 1 nitrogen and oxygen atoms in total. The van der Waals surface area contributed by atoms with E-state index in [0.29, 0.717) is 0 Å². The number of rotatable bonds is 7. The normalized spacial score (nSPS) is 12.6. The lowest BCUT2D eigenvalue weighted by Gasteiger charge is -1.84. The topological polar surface area (TPSA) is 17.1 Å². The minimum absolute atomic E-state index is 0.763. The van der Waals surface area contributed by atoms with Crippen LogP contribution in [0.5, 0.6) is 0 Å². The molecule has 0 aromatic rings. The first-order chi connectivity index (χ1) is 6.91. The molecule has 76 valence electrons. The summed E-state index contributed by atoms with van der Waals surface area (Å²) in [5, 5.41) is 0. The van der Waals surface area contributed by atoms with Gasteiger partial charge in [0, 0.05) is 0 Å². The van der Waals surface area contributed by atoms with Gasteiger partial charge in [-0.2, -0.15) is 0 Å². The predicted molar refractivity (Wildman–Crippen MR) is 62.1 cm³/mol. The standard InChI is InChI=1S/C13H18O/c1-2-3-4-5-6-7-8-9-10-11-12-13-14/h5-13H,2-4H2,1H3. The summed E-state index contributed by atoms with van der Waals surface area (Å²) in [5.74, 6) is 0. The van der Waals surface area contributed by atoms with Crippen LogP contribution in [-0.2, 0) is 4.79 Å². The SMILES string of the molecule is CCCCC=CC=CC=CC=CC=O. The third-order valence-electron chi connectivity index (χ3n) is 1.61. The van der Waals surface area contributed by atoms with Crippen molar-refractivity contribution in [1.29, 1.82) is 0 Å². The Morgan fingerprint density at radius 1 is 0.857 bits per heavy atom. The van der Waals surface area contributed by atoms with Crippen LogP contribution in [0.3, 0.4) is 0 Å². The van der Waals surface area contributed by atoms with E-state index in [1.807, 2.05) is 30.4 Å². The van der Waals surface area contributed by atoms with Crippen molar-refractivity contribution in [3.8, 4) is 0 Å². The third kappa shape index (κ3) is 10.6. The second-order valence-corrected chi connectivity index (χ2v) is 2.86. The monoisotopic (exact) mass is 190 g/mol. The summed E-state index contributed by atoms with van der Waals surface area (Å²) in [7, 11) is 0. The van der Waals surface area contributed by atoms with Gasteiger partial charge in [-0.15, -0.1) is 0 Å². The number of hydrogen-bond donors (Lipinski definition) is 0. The van der Waals surface area contributed by atoms with Crippen molar-refractivity contribution >= 4 is 6.29 Å². The Kier molecular flexibility index (Phi) is 10.5. The van der Waals surface area contributed by atoms with E-state index >= 15 is 0 Å². The van der Waals surface area contributed by atoms with Crippen molar-refractivity contribution in [2.24, 2.45) is 0 Å². The van der Waals surface area contributed by atoms with Crippen molar-refractivity contribution in [3.63, 3.8) is 0 Å². The maximum atomic E-state index is 9.89. The van der Waals surface area contributed by atoms with Crippen LogP contribution in [0.1, 0.15) is 26.2 Å². The summed E-state index contributed by atoms with van der Waals surface area (Å²) < 4.78 is 0. The van der Waals surface area contributed by atoms with Gasteiger partial charge in [-0.25, -0.2) is 0 Å². The Balaban J connectivity index is 3.52. The molecular weight excluding hydrogens is 172 g/mol. The highest BCUT2D eigenvalue weighted by molar-refractivity contribution is 5.65. The van der Waals surface area contributed by atoms with E-state index in [4.69, 9.17) is 0 Å². The van der Waals surface area contributed by atoms with Crippen LogP contribution in [0.4, 0.5) is 0 Å². The Morgan fingerprint density at radius 3 is 2.00 bits per heavy atom. The van der Waals surface area contributed by atoms with Gasteiger partial charge in [-0.3, -0.25) is 4.79 Å². The van der Waals surface area contributed by atoms with Crippen LogP contribution in [0.2, 0.25) is 0 Å². The molecule has 0 atom stereocenters. The number of carbonyl (C=O) groups excluding carboxylic acids is 1. The highest BCUT2D eigenvalue weighted by Gasteiger charge is 1.74. The van der Waals surface area contributed by atoms with E-state index in [-0.39, 0.29) is 0 Å². The number of unbranched alkanes of at least 4 members (excludes halogenated alkanes) is 2. The zero-order chi connectivity index (χ0) is 10.5.